The average Bonchev–Trinajstić information content (AvgIpc) is 3.63. The summed E-state index contributed by atoms with van der Waals surface area (Å²) in [5, 5.41) is 18.8. The summed E-state index contributed by atoms with van der Waals surface area (Å²) in [7, 11) is -4.27. The van der Waals surface area contributed by atoms with E-state index in [1.807, 2.05) is 0 Å². The molecule has 2 amide bonds. The Labute approximate surface area is 240 Å². The number of aliphatic hydroxyl groups is 1. The predicted octanol–water partition coefficient (Wildman–Crippen LogP) is 3.77. The molecule has 3 N–H and O–H groups in total. The molecule has 230 valence electrons. The molecule has 1 unspecified atom stereocenters. The molecule has 0 radical (unpaired) electrons. The van der Waals surface area contributed by atoms with E-state index in [9.17, 15) is 36.3 Å². The zero-order valence-corrected chi connectivity index (χ0v) is 24.3. The second-order valence-electron chi connectivity index (χ2n) is 11.1. The maximum atomic E-state index is 14.0. The van der Waals surface area contributed by atoms with Gasteiger partial charge in [0.05, 0.1) is 24.0 Å². The minimum Gasteiger partial charge on any atom is -0.482 e. The number of ether oxygens (including phenoxy) is 2. The van der Waals surface area contributed by atoms with E-state index in [1.165, 1.54) is 50.5 Å². The Bertz CT molecular complexity index is 1510. The summed E-state index contributed by atoms with van der Waals surface area (Å²) in [6.45, 7) is 5.29. The number of carbonyl (C=O) groups is 2. The molecule has 0 bridgehead atoms. The lowest BCUT2D eigenvalue weighted by Crippen LogP contribution is -2.44. The van der Waals surface area contributed by atoms with E-state index in [2.05, 4.69) is 20.5 Å². The molecule has 2 aliphatic rings. The van der Waals surface area contributed by atoms with Crippen LogP contribution in [0.15, 0.2) is 41.6 Å². The van der Waals surface area contributed by atoms with E-state index in [1.54, 1.807) is 11.6 Å². The van der Waals surface area contributed by atoms with Crippen LogP contribution in [0.3, 0.4) is 0 Å². The third-order valence-electron chi connectivity index (χ3n) is 6.57. The van der Waals surface area contributed by atoms with Crippen molar-refractivity contribution in [3.05, 3.63) is 42.4 Å². The van der Waals surface area contributed by atoms with Crippen LogP contribution in [0.2, 0.25) is 0 Å². The Hall–Kier alpha value is -3.79. The van der Waals surface area contributed by atoms with Gasteiger partial charge in [0.25, 0.3) is 15.9 Å². The molecule has 2 aromatic rings. The van der Waals surface area contributed by atoms with Gasteiger partial charge in [0, 0.05) is 18.1 Å². The van der Waals surface area contributed by atoms with Crippen LogP contribution >= 0.6 is 0 Å². The highest BCUT2D eigenvalue weighted by Crippen LogP contribution is 2.41. The van der Waals surface area contributed by atoms with Gasteiger partial charge in [0.15, 0.2) is 0 Å². The van der Waals surface area contributed by atoms with Gasteiger partial charge < -0.3 is 19.9 Å². The van der Waals surface area contributed by atoms with E-state index in [0.717, 1.165) is 17.1 Å². The van der Waals surface area contributed by atoms with Gasteiger partial charge in [-0.25, -0.2) is 13.2 Å². The normalized spacial score (nSPS) is 17.9. The number of hydrogen-bond donors (Lipinski definition) is 3. The number of fused-ring (bicyclic) bond motifs is 1. The standard InChI is InChI=1S/C26H32F3N5O7S/c1-15-21(14-33(32-15)17-7-8-17)42(38,39)34-13-18(10-11-30-22(35)24(2,3)37)40-20-9-6-16(12-19(20)34)31-23(36)41-25(4,5)26(27,28)29/h6,9-12,14,17-18,37H,7-8,13H2,1-5H3,(H,30,35)(H,31,36)/b11-10+. The number of rotatable bonds is 8. The fourth-order valence-corrected chi connectivity index (χ4v) is 5.52. The molecular formula is C26H32F3N5O7S. The largest absolute Gasteiger partial charge is 0.482 e. The summed E-state index contributed by atoms with van der Waals surface area (Å²) in [4.78, 5) is 24.2. The fourth-order valence-electron chi connectivity index (χ4n) is 3.88. The number of halogens is 3. The molecule has 0 saturated heterocycles. The smallest absolute Gasteiger partial charge is 0.427 e. The van der Waals surface area contributed by atoms with Crippen LogP contribution < -0.4 is 19.7 Å². The van der Waals surface area contributed by atoms with Crippen molar-refractivity contribution in [3.8, 4) is 5.75 Å². The number of aryl methyl sites for hydroxylation is 1. The monoisotopic (exact) mass is 615 g/mol. The summed E-state index contributed by atoms with van der Waals surface area (Å²) in [6, 6.07) is 4.01. The molecule has 1 fully saturated rings. The van der Waals surface area contributed by atoms with Crippen LogP contribution in [-0.2, 0) is 19.6 Å². The first kappa shape index (κ1) is 31.2. The SMILES string of the molecule is Cc1nn(C2CC2)cc1S(=O)(=O)N1CC(/C=C/NC(=O)C(C)(C)O)Oc2ccc(NC(=O)OC(C)(C)C(F)(F)F)cc21. The lowest BCUT2D eigenvalue weighted by atomic mass is 10.1. The van der Waals surface area contributed by atoms with Gasteiger partial charge in [0.1, 0.15) is 22.4 Å². The summed E-state index contributed by atoms with van der Waals surface area (Å²) in [5.41, 5.74) is -4.20. The number of amides is 2. The quantitative estimate of drug-likeness (QED) is 0.406. The molecule has 16 heteroatoms. The Morgan fingerprint density at radius 1 is 1.19 bits per heavy atom. The molecule has 1 aromatic heterocycles. The van der Waals surface area contributed by atoms with Crippen LogP contribution in [0.1, 0.15) is 52.3 Å². The first-order chi connectivity index (χ1) is 19.3. The topological polar surface area (TPSA) is 152 Å². The number of sulfonamides is 1. The van der Waals surface area contributed by atoms with E-state index >= 15 is 0 Å². The molecule has 4 rings (SSSR count). The first-order valence-electron chi connectivity index (χ1n) is 13.0. The van der Waals surface area contributed by atoms with Crippen LogP contribution in [-0.4, -0.2) is 65.3 Å². The minimum absolute atomic E-state index is 0.00614. The van der Waals surface area contributed by atoms with Crippen LogP contribution in [0.5, 0.6) is 5.75 Å². The van der Waals surface area contributed by atoms with Crippen LogP contribution in [0.4, 0.5) is 29.3 Å². The molecule has 0 spiro atoms. The van der Waals surface area contributed by atoms with Gasteiger partial charge in [-0.1, -0.05) is 0 Å². The Morgan fingerprint density at radius 2 is 1.86 bits per heavy atom. The van der Waals surface area contributed by atoms with E-state index < -0.39 is 45.5 Å². The molecule has 1 saturated carbocycles. The zero-order valence-electron chi connectivity index (χ0n) is 23.5. The lowest BCUT2D eigenvalue weighted by Gasteiger charge is -2.34. The van der Waals surface area contributed by atoms with Gasteiger partial charge in [-0.05, 0) is 71.7 Å². The van der Waals surface area contributed by atoms with Gasteiger partial charge in [-0.15, -0.1) is 0 Å². The minimum atomic E-state index is -4.82. The number of benzene rings is 1. The summed E-state index contributed by atoms with van der Waals surface area (Å²) in [5.74, 6) is -0.617. The first-order valence-corrected chi connectivity index (χ1v) is 14.4. The summed E-state index contributed by atoms with van der Waals surface area (Å²) >= 11 is 0. The molecule has 12 nitrogen and oxygen atoms in total. The Kier molecular flexibility index (Phi) is 8.01. The highest BCUT2D eigenvalue weighted by molar-refractivity contribution is 7.92. The van der Waals surface area contributed by atoms with Crippen molar-refractivity contribution < 1.29 is 45.8 Å². The number of alkyl halides is 3. The maximum Gasteiger partial charge on any atom is 0.427 e. The highest BCUT2D eigenvalue weighted by atomic mass is 32.2. The van der Waals surface area contributed by atoms with Crippen molar-refractivity contribution in [1.82, 2.24) is 15.1 Å². The van der Waals surface area contributed by atoms with Crippen molar-refractivity contribution >= 4 is 33.4 Å². The highest BCUT2D eigenvalue weighted by Gasteiger charge is 2.51. The molecule has 42 heavy (non-hydrogen) atoms. The number of hydrogen-bond acceptors (Lipinski definition) is 8. The third kappa shape index (κ3) is 6.64. The maximum absolute atomic E-state index is 14.0. The summed E-state index contributed by atoms with van der Waals surface area (Å²) in [6.07, 6.45) is -1.29. The van der Waals surface area contributed by atoms with Gasteiger partial charge >= 0.3 is 12.3 Å². The molecule has 1 aliphatic heterocycles. The van der Waals surface area contributed by atoms with E-state index in [4.69, 9.17) is 4.74 Å². The van der Waals surface area contributed by atoms with Crippen molar-refractivity contribution in [3.63, 3.8) is 0 Å². The van der Waals surface area contributed by atoms with Crippen molar-refractivity contribution in [2.75, 3.05) is 16.2 Å². The number of anilines is 2. The Morgan fingerprint density at radius 3 is 2.45 bits per heavy atom. The zero-order chi connectivity index (χ0) is 31.3. The number of nitrogens with one attached hydrogen (secondary N) is 2. The third-order valence-corrected chi connectivity index (χ3v) is 8.45. The number of nitrogens with zero attached hydrogens (tertiary/aromatic N) is 3. The summed E-state index contributed by atoms with van der Waals surface area (Å²) < 4.78 is 80.6. The van der Waals surface area contributed by atoms with Gasteiger partial charge in [-0.3, -0.25) is 19.1 Å². The lowest BCUT2D eigenvalue weighted by molar-refractivity contribution is -0.242. The van der Waals surface area contributed by atoms with Gasteiger partial charge in [0.2, 0.25) is 5.60 Å². The second-order valence-corrected chi connectivity index (χ2v) is 12.9. The van der Waals surface area contributed by atoms with Crippen molar-refractivity contribution in [1.29, 1.82) is 0 Å². The van der Waals surface area contributed by atoms with E-state index in [-0.39, 0.29) is 40.3 Å². The predicted molar refractivity (Wildman–Crippen MR) is 144 cm³/mol. The molecular weight excluding hydrogens is 583 g/mol. The molecule has 2 heterocycles. The van der Waals surface area contributed by atoms with Crippen molar-refractivity contribution in [2.45, 2.75) is 81.9 Å². The molecule has 1 atom stereocenters. The van der Waals surface area contributed by atoms with Crippen LogP contribution in [0, 0.1) is 6.92 Å². The van der Waals surface area contributed by atoms with E-state index in [0.29, 0.717) is 13.8 Å². The fraction of sp³-hybridized carbons (Fsp3) is 0.500. The second kappa shape index (κ2) is 10.8. The Balaban J connectivity index is 1.66. The molecule has 1 aliphatic carbocycles. The van der Waals surface area contributed by atoms with Gasteiger partial charge in [-0.2, -0.15) is 18.3 Å². The average molecular weight is 616 g/mol. The van der Waals surface area contributed by atoms with Crippen molar-refractivity contribution in [2.24, 2.45) is 0 Å². The number of aromatic nitrogens is 2. The molecule has 1 aromatic carbocycles. The van der Waals surface area contributed by atoms with Crippen LogP contribution in [0.25, 0.3) is 0 Å². The number of carbonyl (C=O) groups excluding carboxylic acids is 2.